The Morgan fingerprint density at radius 1 is 1.00 bits per heavy atom. The van der Waals surface area contributed by atoms with Gasteiger partial charge in [-0.3, -0.25) is 4.98 Å². The van der Waals surface area contributed by atoms with Crippen molar-refractivity contribution in [1.82, 2.24) is 15.0 Å². The Hall–Kier alpha value is -3.07. The lowest BCUT2D eigenvalue weighted by molar-refractivity contribution is 1.12. The molecule has 3 heteroatoms. The minimum absolute atomic E-state index is 0.902. The summed E-state index contributed by atoms with van der Waals surface area (Å²) in [5, 5.41) is 0. The number of aromatic nitrogens is 3. The standard InChI is InChI=1S/C24H27N3/c1-7-21(13-20(6)22-9-8-12-25-15-22)24-14-23(26-16-27-24)19(5)11-10-18(4)17(2)3/h7-16H,2H2,1,3-6H3/b18-10+,19-11+,20-13+,21-7+. The Kier molecular flexibility index (Phi) is 7.18. The largest absolute Gasteiger partial charge is 0.264 e. The number of pyridine rings is 1. The molecule has 0 unspecified atom stereocenters. The molecular weight excluding hydrogens is 330 g/mol. The van der Waals surface area contributed by atoms with E-state index in [1.807, 2.05) is 32.2 Å². The third-order valence-electron chi connectivity index (χ3n) is 4.42. The van der Waals surface area contributed by atoms with Crippen LogP contribution in [0.5, 0.6) is 0 Å². The highest BCUT2D eigenvalue weighted by Crippen LogP contribution is 2.22. The van der Waals surface area contributed by atoms with Gasteiger partial charge in [-0.15, -0.1) is 0 Å². The van der Waals surface area contributed by atoms with Gasteiger partial charge in [-0.2, -0.15) is 0 Å². The number of allylic oxidation sites excluding steroid dienone is 9. The Bertz CT molecular complexity index is 929. The van der Waals surface area contributed by atoms with Crippen LogP contribution in [0.25, 0.3) is 16.7 Å². The van der Waals surface area contributed by atoms with Crippen molar-refractivity contribution in [3.05, 3.63) is 95.9 Å². The van der Waals surface area contributed by atoms with E-state index in [1.165, 1.54) is 0 Å². The predicted octanol–water partition coefficient (Wildman–Crippen LogP) is 6.30. The maximum atomic E-state index is 4.47. The first-order chi connectivity index (χ1) is 12.9. The summed E-state index contributed by atoms with van der Waals surface area (Å²) in [6, 6.07) is 6.03. The second-order valence-electron chi connectivity index (χ2n) is 6.58. The predicted molar refractivity (Wildman–Crippen MR) is 116 cm³/mol. The average molecular weight is 358 g/mol. The summed E-state index contributed by atoms with van der Waals surface area (Å²) in [4.78, 5) is 13.1. The molecule has 2 heterocycles. The van der Waals surface area contributed by atoms with E-state index < -0.39 is 0 Å². The van der Waals surface area contributed by atoms with E-state index in [9.17, 15) is 0 Å². The fourth-order valence-corrected chi connectivity index (χ4v) is 2.43. The van der Waals surface area contributed by atoms with Gasteiger partial charge in [-0.25, -0.2) is 9.97 Å². The monoisotopic (exact) mass is 357 g/mol. The van der Waals surface area contributed by atoms with Gasteiger partial charge in [-0.05, 0) is 80.7 Å². The summed E-state index contributed by atoms with van der Waals surface area (Å²) in [7, 11) is 0. The fraction of sp³-hybridized carbons (Fsp3) is 0.208. The second kappa shape index (κ2) is 9.58. The van der Waals surface area contributed by atoms with E-state index in [0.29, 0.717) is 0 Å². The van der Waals surface area contributed by atoms with Crippen LogP contribution in [-0.2, 0) is 0 Å². The zero-order valence-corrected chi connectivity index (χ0v) is 16.8. The molecule has 0 bridgehead atoms. The Balaban J connectivity index is 2.34. The normalized spacial score (nSPS) is 13.7. The van der Waals surface area contributed by atoms with Crippen LogP contribution < -0.4 is 0 Å². The van der Waals surface area contributed by atoms with Gasteiger partial charge in [0.05, 0.1) is 11.4 Å². The second-order valence-corrected chi connectivity index (χ2v) is 6.58. The molecule has 138 valence electrons. The van der Waals surface area contributed by atoms with Gasteiger partial charge in [0.1, 0.15) is 6.33 Å². The van der Waals surface area contributed by atoms with E-state index in [0.717, 1.165) is 44.8 Å². The molecule has 3 nitrogen and oxygen atoms in total. The van der Waals surface area contributed by atoms with Gasteiger partial charge in [0, 0.05) is 12.4 Å². The molecule has 0 atom stereocenters. The van der Waals surface area contributed by atoms with Crippen LogP contribution in [0.15, 0.2) is 78.9 Å². The summed E-state index contributed by atoms with van der Waals surface area (Å²) >= 11 is 0. The molecule has 0 fully saturated rings. The summed E-state index contributed by atoms with van der Waals surface area (Å²) in [5.41, 5.74) is 8.43. The molecule has 27 heavy (non-hydrogen) atoms. The van der Waals surface area contributed by atoms with Crippen LogP contribution in [0, 0.1) is 0 Å². The third kappa shape index (κ3) is 5.71. The third-order valence-corrected chi connectivity index (χ3v) is 4.42. The van der Waals surface area contributed by atoms with Gasteiger partial charge < -0.3 is 0 Å². The molecule has 0 aromatic carbocycles. The van der Waals surface area contributed by atoms with Gasteiger partial charge in [-0.1, -0.05) is 36.4 Å². The molecule has 0 saturated heterocycles. The van der Waals surface area contributed by atoms with Crippen LogP contribution >= 0.6 is 0 Å². The minimum Gasteiger partial charge on any atom is -0.264 e. The van der Waals surface area contributed by atoms with Gasteiger partial charge >= 0.3 is 0 Å². The van der Waals surface area contributed by atoms with Crippen LogP contribution in [0.3, 0.4) is 0 Å². The van der Waals surface area contributed by atoms with Crippen molar-refractivity contribution in [3.8, 4) is 0 Å². The number of nitrogens with zero attached hydrogens (tertiary/aromatic N) is 3. The first kappa shape index (κ1) is 20.2. The topological polar surface area (TPSA) is 38.7 Å². The summed E-state index contributed by atoms with van der Waals surface area (Å²) in [5.74, 6) is 0. The minimum atomic E-state index is 0.902. The van der Waals surface area contributed by atoms with Crippen molar-refractivity contribution in [2.24, 2.45) is 0 Å². The molecule has 0 aliphatic heterocycles. The number of rotatable bonds is 6. The van der Waals surface area contributed by atoms with E-state index in [-0.39, 0.29) is 0 Å². The van der Waals surface area contributed by atoms with Gasteiger partial charge in [0.15, 0.2) is 0 Å². The molecule has 0 N–H and O–H groups in total. The molecule has 0 aliphatic rings. The summed E-state index contributed by atoms with van der Waals surface area (Å²) < 4.78 is 0. The quantitative estimate of drug-likeness (QED) is 0.569. The SMILES string of the molecule is C=C(C)/C(C)=C/C=C(\C)c1cc(C(/C=C(\C)c2cccnc2)=C/C)ncn1. The van der Waals surface area contributed by atoms with Crippen LogP contribution in [0.4, 0.5) is 0 Å². The lowest BCUT2D eigenvalue weighted by Gasteiger charge is -2.07. The van der Waals surface area contributed by atoms with Crippen LogP contribution in [0.1, 0.15) is 51.6 Å². The van der Waals surface area contributed by atoms with Gasteiger partial charge in [0.25, 0.3) is 0 Å². The molecule has 2 rings (SSSR count). The number of hydrogen-bond donors (Lipinski definition) is 0. The van der Waals surface area contributed by atoms with Crippen molar-refractivity contribution in [3.63, 3.8) is 0 Å². The van der Waals surface area contributed by atoms with E-state index in [4.69, 9.17) is 0 Å². The Morgan fingerprint density at radius 3 is 2.37 bits per heavy atom. The lowest BCUT2D eigenvalue weighted by Crippen LogP contribution is -1.94. The zero-order valence-electron chi connectivity index (χ0n) is 16.8. The fourth-order valence-electron chi connectivity index (χ4n) is 2.43. The highest BCUT2D eigenvalue weighted by atomic mass is 14.8. The first-order valence-corrected chi connectivity index (χ1v) is 9.01. The molecule has 2 aromatic rings. The van der Waals surface area contributed by atoms with E-state index in [1.54, 1.807) is 12.5 Å². The lowest BCUT2D eigenvalue weighted by atomic mass is 10.0. The molecule has 0 saturated carbocycles. The molecule has 0 amide bonds. The molecule has 0 radical (unpaired) electrons. The Morgan fingerprint density at radius 2 is 1.74 bits per heavy atom. The summed E-state index contributed by atoms with van der Waals surface area (Å²) in [6.45, 7) is 14.2. The zero-order chi connectivity index (χ0) is 19.8. The van der Waals surface area contributed by atoms with Crippen molar-refractivity contribution < 1.29 is 0 Å². The van der Waals surface area contributed by atoms with Crippen molar-refractivity contribution in [1.29, 1.82) is 0 Å². The van der Waals surface area contributed by atoms with Crippen LogP contribution in [-0.4, -0.2) is 15.0 Å². The Labute approximate surface area is 162 Å². The average Bonchev–Trinajstić information content (AvgIpc) is 2.70. The first-order valence-electron chi connectivity index (χ1n) is 9.01. The molecule has 2 aromatic heterocycles. The molecular formula is C24H27N3. The van der Waals surface area contributed by atoms with E-state index in [2.05, 4.69) is 72.7 Å². The van der Waals surface area contributed by atoms with Crippen molar-refractivity contribution in [2.75, 3.05) is 0 Å². The van der Waals surface area contributed by atoms with Gasteiger partial charge in [0.2, 0.25) is 0 Å². The molecule has 0 aliphatic carbocycles. The molecule has 0 spiro atoms. The van der Waals surface area contributed by atoms with Crippen molar-refractivity contribution >= 4 is 16.7 Å². The maximum absolute atomic E-state index is 4.47. The highest BCUT2D eigenvalue weighted by Gasteiger charge is 2.05. The highest BCUT2D eigenvalue weighted by molar-refractivity contribution is 5.82. The van der Waals surface area contributed by atoms with E-state index >= 15 is 0 Å². The van der Waals surface area contributed by atoms with Crippen LogP contribution in [0.2, 0.25) is 0 Å². The van der Waals surface area contributed by atoms with Crippen molar-refractivity contribution in [2.45, 2.75) is 34.6 Å². The number of hydrogen-bond acceptors (Lipinski definition) is 3. The maximum Gasteiger partial charge on any atom is 0.116 e. The smallest absolute Gasteiger partial charge is 0.116 e. The summed E-state index contributed by atoms with van der Waals surface area (Å²) in [6.07, 6.45) is 13.6.